The second-order valence-electron chi connectivity index (χ2n) is 6.44. The molecule has 110 valence electrons. The first-order chi connectivity index (χ1) is 9.08. The van der Waals surface area contributed by atoms with Crippen LogP contribution in [0.25, 0.3) is 0 Å². The Kier molecular flexibility index (Phi) is 5.22. The standard InChI is InChI=1S/C15H29N3O/c1-12-6-4-8-16-14(12)10-15(19)18(3)11-13-7-5-9-17(13)2/h12-14,16H,4-11H2,1-3H3. The van der Waals surface area contributed by atoms with Crippen LogP contribution in [-0.4, -0.2) is 61.5 Å². The molecule has 0 saturated carbocycles. The Labute approximate surface area is 117 Å². The van der Waals surface area contributed by atoms with Gasteiger partial charge in [-0.25, -0.2) is 0 Å². The Balaban J connectivity index is 1.78. The number of piperidine rings is 1. The zero-order valence-corrected chi connectivity index (χ0v) is 12.7. The fraction of sp³-hybridized carbons (Fsp3) is 0.933. The van der Waals surface area contributed by atoms with Crippen LogP contribution in [0.3, 0.4) is 0 Å². The van der Waals surface area contributed by atoms with Crippen LogP contribution < -0.4 is 5.32 Å². The highest BCUT2D eigenvalue weighted by atomic mass is 16.2. The van der Waals surface area contributed by atoms with Gasteiger partial charge in [0.2, 0.25) is 5.91 Å². The maximum absolute atomic E-state index is 12.3. The van der Waals surface area contributed by atoms with Crippen molar-refractivity contribution in [3.05, 3.63) is 0 Å². The van der Waals surface area contributed by atoms with Gasteiger partial charge in [-0.05, 0) is 51.7 Å². The van der Waals surface area contributed by atoms with Gasteiger partial charge in [0.15, 0.2) is 0 Å². The van der Waals surface area contributed by atoms with Gasteiger partial charge in [0.25, 0.3) is 0 Å². The summed E-state index contributed by atoms with van der Waals surface area (Å²) in [6.07, 6.45) is 5.65. The molecule has 2 aliphatic heterocycles. The van der Waals surface area contributed by atoms with Crippen LogP contribution in [0.2, 0.25) is 0 Å². The molecule has 2 rings (SSSR count). The van der Waals surface area contributed by atoms with E-state index in [1.807, 2.05) is 11.9 Å². The summed E-state index contributed by atoms with van der Waals surface area (Å²) in [6, 6.07) is 0.940. The van der Waals surface area contributed by atoms with Crippen molar-refractivity contribution in [2.45, 2.75) is 51.1 Å². The molecule has 0 radical (unpaired) electrons. The molecule has 2 fully saturated rings. The smallest absolute Gasteiger partial charge is 0.223 e. The van der Waals surface area contributed by atoms with Crippen molar-refractivity contribution in [3.63, 3.8) is 0 Å². The molecule has 2 saturated heterocycles. The number of carbonyl (C=O) groups is 1. The first kappa shape index (κ1) is 14.8. The first-order valence-electron chi connectivity index (χ1n) is 7.75. The monoisotopic (exact) mass is 267 g/mol. The van der Waals surface area contributed by atoms with E-state index in [-0.39, 0.29) is 0 Å². The van der Waals surface area contributed by atoms with Crippen molar-refractivity contribution in [1.29, 1.82) is 0 Å². The van der Waals surface area contributed by atoms with Crippen LogP contribution in [0, 0.1) is 5.92 Å². The van der Waals surface area contributed by atoms with Crippen LogP contribution in [0.5, 0.6) is 0 Å². The normalized spacial score (nSPS) is 32.5. The number of nitrogens with zero attached hydrogens (tertiary/aromatic N) is 2. The molecule has 0 spiro atoms. The van der Waals surface area contributed by atoms with E-state index in [2.05, 4.69) is 24.2 Å². The van der Waals surface area contributed by atoms with Gasteiger partial charge in [0, 0.05) is 32.1 Å². The van der Waals surface area contributed by atoms with Crippen LogP contribution in [-0.2, 0) is 4.79 Å². The molecule has 0 aliphatic carbocycles. The zero-order valence-electron chi connectivity index (χ0n) is 12.7. The Morgan fingerprint density at radius 3 is 2.79 bits per heavy atom. The Hall–Kier alpha value is -0.610. The summed E-state index contributed by atoms with van der Waals surface area (Å²) in [7, 11) is 4.13. The number of amides is 1. The summed E-state index contributed by atoms with van der Waals surface area (Å²) in [4.78, 5) is 16.6. The fourth-order valence-electron chi connectivity index (χ4n) is 3.36. The second kappa shape index (κ2) is 6.71. The topological polar surface area (TPSA) is 35.6 Å². The molecule has 1 amide bonds. The summed E-state index contributed by atoms with van der Waals surface area (Å²) < 4.78 is 0. The van der Waals surface area contributed by atoms with E-state index in [0.717, 1.165) is 13.1 Å². The molecule has 0 aromatic carbocycles. The highest BCUT2D eigenvalue weighted by Gasteiger charge is 2.27. The Morgan fingerprint density at radius 2 is 2.16 bits per heavy atom. The van der Waals surface area contributed by atoms with Crippen molar-refractivity contribution in [3.8, 4) is 0 Å². The molecule has 0 aromatic heterocycles. The van der Waals surface area contributed by atoms with Gasteiger partial charge in [-0.1, -0.05) is 6.92 Å². The zero-order chi connectivity index (χ0) is 13.8. The fourth-order valence-corrected chi connectivity index (χ4v) is 3.36. The lowest BCUT2D eigenvalue weighted by Crippen LogP contribution is -2.45. The van der Waals surface area contributed by atoms with Gasteiger partial charge in [0.05, 0.1) is 0 Å². The third-order valence-electron chi connectivity index (χ3n) is 4.91. The van der Waals surface area contributed by atoms with Crippen molar-refractivity contribution in [2.75, 3.05) is 33.7 Å². The number of likely N-dealkylation sites (tertiary alicyclic amines) is 1. The van der Waals surface area contributed by atoms with E-state index < -0.39 is 0 Å². The van der Waals surface area contributed by atoms with E-state index in [0.29, 0.717) is 30.3 Å². The first-order valence-corrected chi connectivity index (χ1v) is 7.75. The van der Waals surface area contributed by atoms with Crippen LogP contribution >= 0.6 is 0 Å². The molecule has 3 atom stereocenters. The average molecular weight is 267 g/mol. The van der Waals surface area contributed by atoms with E-state index in [1.165, 1.54) is 32.2 Å². The third kappa shape index (κ3) is 3.93. The van der Waals surface area contributed by atoms with Crippen molar-refractivity contribution < 1.29 is 4.79 Å². The molecule has 2 heterocycles. The summed E-state index contributed by atoms with van der Waals surface area (Å²) >= 11 is 0. The number of rotatable bonds is 4. The Bertz CT molecular complexity index is 308. The van der Waals surface area contributed by atoms with Crippen LogP contribution in [0.4, 0.5) is 0 Å². The van der Waals surface area contributed by atoms with Crippen LogP contribution in [0.1, 0.15) is 39.0 Å². The predicted molar refractivity (Wildman–Crippen MR) is 78.1 cm³/mol. The molecule has 4 nitrogen and oxygen atoms in total. The second-order valence-corrected chi connectivity index (χ2v) is 6.44. The molecule has 3 unspecified atom stereocenters. The van der Waals surface area contributed by atoms with E-state index in [9.17, 15) is 4.79 Å². The predicted octanol–water partition coefficient (Wildman–Crippen LogP) is 1.32. The third-order valence-corrected chi connectivity index (χ3v) is 4.91. The summed E-state index contributed by atoms with van der Waals surface area (Å²) in [6.45, 7) is 5.39. The molecule has 0 aromatic rings. The summed E-state index contributed by atoms with van der Waals surface area (Å²) in [5.74, 6) is 0.923. The summed E-state index contributed by atoms with van der Waals surface area (Å²) in [5, 5.41) is 3.50. The SMILES string of the molecule is CC1CCCNC1CC(=O)N(C)CC1CCCN1C. The van der Waals surface area contributed by atoms with Gasteiger partial charge in [-0.3, -0.25) is 4.79 Å². The minimum absolute atomic E-state index is 0.298. The molecular formula is C15H29N3O. The van der Waals surface area contributed by atoms with Crippen LogP contribution in [0.15, 0.2) is 0 Å². The molecule has 0 bridgehead atoms. The van der Waals surface area contributed by atoms with Crippen molar-refractivity contribution >= 4 is 5.91 Å². The maximum atomic E-state index is 12.3. The molecule has 19 heavy (non-hydrogen) atoms. The minimum Gasteiger partial charge on any atom is -0.344 e. The van der Waals surface area contributed by atoms with Gasteiger partial charge in [0.1, 0.15) is 0 Å². The molecule has 4 heteroatoms. The van der Waals surface area contributed by atoms with E-state index >= 15 is 0 Å². The van der Waals surface area contributed by atoms with Gasteiger partial charge >= 0.3 is 0 Å². The lowest BCUT2D eigenvalue weighted by Gasteiger charge is -2.32. The highest BCUT2D eigenvalue weighted by molar-refractivity contribution is 5.76. The van der Waals surface area contributed by atoms with Crippen molar-refractivity contribution in [1.82, 2.24) is 15.1 Å². The number of carbonyl (C=O) groups excluding carboxylic acids is 1. The average Bonchev–Trinajstić information content (AvgIpc) is 2.78. The highest BCUT2D eigenvalue weighted by Crippen LogP contribution is 2.20. The van der Waals surface area contributed by atoms with E-state index in [4.69, 9.17) is 0 Å². The lowest BCUT2D eigenvalue weighted by molar-refractivity contribution is -0.131. The van der Waals surface area contributed by atoms with E-state index in [1.54, 1.807) is 0 Å². The Morgan fingerprint density at radius 1 is 1.37 bits per heavy atom. The number of likely N-dealkylation sites (N-methyl/N-ethyl adjacent to an activating group) is 2. The molecule has 1 N–H and O–H groups in total. The molecular weight excluding hydrogens is 238 g/mol. The molecule has 2 aliphatic rings. The maximum Gasteiger partial charge on any atom is 0.223 e. The quantitative estimate of drug-likeness (QED) is 0.834. The van der Waals surface area contributed by atoms with Gasteiger partial charge in [-0.2, -0.15) is 0 Å². The lowest BCUT2D eigenvalue weighted by atomic mass is 9.90. The van der Waals surface area contributed by atoms with Crippen molar-refractivity contribution in [2.24, 2.45) is 5.92 Å². The minimum atomic E-state index is 0.298. The summed E-state index contributed by atoms with van der Waals surface area (Å²) in [5.41, 5.74) is 0. The van der Waals surface area contributed by atoms with Gasteiger partial charge < -0.3 is 15.1 Å². The number of hydrogen-bond donors (Lipinski definition) is 1. The number of hydrogen-bond acceptors (Lipinski definition) is 3. The largest absolute Gasteiger partial charge is 0.344 e. The van der Waals surface area contributed by atoms with Gasteiger partial charge in [-0.15, -0.1) is 0 Å². The number of nitrogens with one attached hydrogen (secondary N) is 1.